The zero-order chi connectivity index (χ0) is 22.2. The van der Waals surface area contributed by atoms with Crippen LogP contribution in [0.4, 0.5) is 5.13 Å². The van der Waals surface area contributed by atoms with E-state index in [0.717, 1.165) is 27.7 Å². The Morgan fingerprint density at radius 2 is 1.97 bits per heavy atom. The van der Waals surface area contributed by atoms with Crippen molar-refractivity contribution in [1.29, 1.82) is 0 Å². The monoisotopic (exact) mass is 461 g/mol. The molecule has 2 aromatic carbocycles. The Morgan fingerprint density at radius 1 is 1.19 bits per heavy atom. The molecule has 32 heavy (non-hydrogen) atoms. The van der Waals surface area contributed by atoms with Crippen LogP contribution in [0.5, 0.6) is 0 Å². The summed E-state index contributed by atoms with van der Waals surface area (Å²) in [6.45, 7) is 3.98. The van der Waals surface area contributed by atoms with Crippen LogP contribution >= 0.6 is 23.1 Å². The number of aromatic nitrogens is 4. The number of carbonyl (C=O) groups excluding carboxylic acids is 1. The van der Waals surface area contributed by atoms with Crippen LogP contribution in [0.2, 0.25) is 0 Å². The molecular weight excluding hydrogens is 442 g/mol. The van der Waals surface area contributed by atoms with Gasteiger partial charge in [0.25, 0.3) is 5.56 Å². The number of para-hydroxylation sites is 1. The summed E-state index contributed by atoms with van der Waals surface area (Å²) >= 11 is 2.58. The largest absolute Gasteiger partial charge is 0.349 e. The van der Waals surface area contributed by atoms with Crippen LogP contribution in [0.15, 0.2) is 64.0 Å². The first-order valence-corrected chi connectivity index (χ1v) is 11.8. The molecule has 7 nitrogen and oxygen atoms in total. The Balaban J connectivity index is 1.63. The van der Waals surface area contributed by atoms with Crippen LogP contribution in [-0.4, -0.2) is 31.2 Å². The van der Waals surface area contributed by atoms with Gasteiger partial charge in [-0.1, -0.05) is 36.0 Å². The molecule has 0 saturated carbocycles. The van der Waals surface area contributed by atoms with Gasteiger partial charge in [0.2, 0.25) is 5.91 Å². The molecular formula is C23H19N5O2S2. The minimum Gasteiger partial charge on any atom is -0.349 e. The normalized spacial score (nSPS) is 11.3. The maximum atomic E-state index is 13.6. The molecule has 0 atom stereocenters. The number of rotatable bonds is 5. The van der Waals surface area contributed by atoms with Gasteiger partial charge < -0.3 is 10.3 Å². The molecule has 9 heteroatoms. The average Bonchev–Trinajstić information content (AvgIpc) is 3.39. The number of aryl methyl sites for hydroxylation is 2. The number of benzene rings is 2. The molecule has 0 unspecified atom stereocenters. The molecule has 2 N–H and O–H groups in total. The first-order chi connectivity index (χ1) is 15.5. The Labute approximate surface area is 191 Å². The van der Waals surface area contributed by atoms with Gasteiger partial charge in [0.1, 0.15) is 11.0 Å². The summed E-state index contributed by atoms with van der Waals surface area (Å²) in [5, 5.41) is 6.46. The van der Waals surface area contributed by atoms with Gasteiger partial charge in [-0.15, -0.1) is 11.3 Å². The van der Waals surface area contributed by atoms with Crippen molar-refractivity contribution in [3.8, 4) is 5.69 Å². The molecule has 0 fully saturated rings. The van der Waals surface area contributed by atoms with Gasteiger partial charge in [0, 0.05) is 22.5 Å². The lowest BCUT2D eigenvalue weighted by molar-refractivity contribution is -0.113. The number of amides is 1. The number of fused-ring (bicyclic) bond motifs is 3. The van der Waals surface area contributed by atoms with Crippen molar-refractivity contribution in [1.82, 2.24) is 19.5 Å². The molecule has 0 spiro atoms. The van der Waals surface area contributed by atoms with E-state index in [2.05, 4.69) is 21.4 Å². The SMILES string of the molecule is Cc1cc(C)cc(-n2c(SCC(=O)Nc3nccs3)nc3c([nH]c4ccccc43)c2=O)c1. The van der Waals surface area contributed by atoms with Crippen LogP contribution in [-0.2, 0) is 4.79 Å². The van der Waals surface area contributed by atoms with Gasteiger partial charge in [0.15, 0.2) is 10.3 Å². The second-order valence-electron chi connectivity index (χ2n) is 7.45. The first kappa shape index (κ1) is 20.5. The third kappa shape index (κ3) is 3.80. The van der Waals surface area contributed by atoms with E-state index in [1.165, 1.54) is 23.1 Å². The molecule has 0 aliphatic rings. The Morgan fingerprint density at radius 3 is 2.72 bits per heavy atom. The zero-order valence-electron chi connectivity index (χ0n) is 17.4. The summed E-state index contributed by atoms with van der Waals surface area (Å²) in [4.78, 5) is 38.2. The maximum absolute atomic E-state index is 13.6. The number of H-pyrrole nitrogens is 1. The van der Waals surface area contributed by atoms with Gasteiger partial charge >= 0.3 is 0 Å². The fraction of sp³-hybridized carbons (Fsp3) is 0.130. The molecule has 0 saturated heterocycles. The summed E-state index contributed by atoms with van der Waals surface area (Å²) in [5.74, 6) is -0.102. The highest BCUT2D eigenvalue weighted by atomic mass is 32.2. The van der Waals surface area contributed by atoms with Gasteiger partial charge in [0.05, 0.1) is 11.4 Å². The smallest absolute Gasteiger partial charge is 0.283 e. The van der Waals surface area contributed by atoms with Crippen LogP contribution in [0.3, 0.4) is 0 Å². The van der Waals surface area contributed by atoms with Gasteiger partial charge in [-0.25, -0.2) is 9.97 Å². The third-order valence-electron chi connectivity index (χ3n) is 4.97. The molecule has 5 aromatic rings. The van der Waals surface area contributed by atoms with E-state index in [-0.39, 0.29) is 17.2 Å². The highest BCUT2D eigenvalue weighted by Gasteiger charge is 2.18. The second-order valence-corrected chi connectivity index (χ2v) is 9.29. The lowest BCUT2D eigenvalue weighted by Crippen LogP contribution is -2.23. The highest BCUT2D eigenvalue weighted by molar-refractivity contribution is 7.99. The lowest BCUT2D eigenvalue weighted by Gasteiger charge is -2.13. The number of nitrogens with zero attached hydrogens (tertiary/aromatic N) is 3. The van der Waals surface area contributed by atoms with Crippen molar-refractivity contribution in [3.63, 3.8) is 0 Å². The van der Waals surface area contributed by atoms with Crippen molar-refractivity contribution in [3.05, 3.63) is 75.5 Å². The number of hydrogen-bond donors (Lipinski definition) is 2. The zero-order valence-corrected chi connectivity index (χ0v) is 19.0. The standard InChI is InChI=1S/C23H19N5O2S2/c1-13-9-14(2)11-15(10-13)28-21(30)20-19(16-5-3-4-6-17(16)25-20)27-23(28)32-12-18(29)26-22-24-7-8-31-22/h3-11,25H,12H2,1-2H3,(H,24,26,29). The van der Waals surface area contributed by atoms with Crippen LogP contribution < -0.4 is 10.9 Å². The maximum Gasteiger partial charge on any atom is 0.283 e. The molecule has 5 rings (SSSR count). The molecule has 160 valence electrons. The quantitative estimate of drug-likeness (QED) is 0.293. The van der Waals surface area contributed by atoms with Gasteiger partial charge in [-0.3, -0.25) is 14.2 Å². The number of thioether (sulfide) groups is 1. The number of nitrogens with one attached hydrogen (secondary N) is 2. The van der Waals surface area contributed by atoms with E-state index in [4.69, 9.17) is 4.98 Å². The molecule has 0 bridgehead atoms. The van der Waals surface area contributed by atoms with E-state index < -0.39 is 0 Å². The fourth-order valence-corrected chi connectivity index (χ4v) is 5.07. The van der Waals surface area contributed by atoms with Crippen LogP contribution in [0.1, 0.15) is 11.1 Å². The summed E-state index contributed by atoms with van der Waals surface area (Å²) in [5.41, 5.74) is 4.52. The van der Waals surface area contributed by atoms with Crippen LogP contribution in [0, 0.1) is 13.8 Å². The fourth-order valence-electron chi connectivity index (χ4n) is 3.72. The second kappa shape index (κ2) is 8.25. The predicted octanol–water partition coefficient (Wildman–Crippen LogP) is 4.67. The van der Waals surface area contributed by atoms with E-state index in [0.29, 0.717) is 21.3 Å². The lowest BCUT2D eigenvalue weighted by atomic mass is 10.1. The van der Waals surface area contributed by atoms with Crippen molar-refractivity contribution in [2.24, 2.45) is 0 Å². The Kier molecular flexibility index (Phi) is 5.28. The first-order valence-electron chi connectivity index (χ1n) is 9.94. The minimum atomic E-state index is -0.204. The molecule has 0 radical (unpaired) electrons. The average molecular weight is 462 g/mol. The summed E-state index contributed by atoms with van der Waals surface area (Å²) in [7, 11) is 0. The van der Waals surface area contributed by atoms with Crippen LogP contribution in [0.25, 0.3) is 27.6 Å². The van der Waals surface area contributed by atoms with Crippen molar-refractivity contribution in [2.45, 2.75) is 19.0 Å². The van der Waals surface area contributed by atoms with Gasteiger partial charge in [-0.05, 0) is 43.2 Å². The van der Waals surface area contributed by atoms with Crippen molar-refractivity contribution in [2.75, 3.05) is 11.1 Å². The van der Waals surface area contributed by atoms with E-state index >= 15 is 0 Å². The molecule has 0 aliphatic heterocycles. The number of thiazole rings is 1. The predicted molar refractivity (Wildman–Crippen MR) is 130 cm³/mol. The third-order valence-corrected chi connectivity index (χ3v) is 6.60. The molecule has 0 aliphatic carbocycles. The van der Waals surface area contributed by atoms with Crippen molar-refractivity contribution >= 4 is 56.1 Å². The van der Waals surface area contributed by atoms with Crippen molar-refractivity contribution < 1.29 is 4.79 Å². The minimum absolute atomic E-state index is 0.102. The summed E-state index contributed by atoms with van der Waals surface area (Å²) < 4.78 is 1.58. The van der Waals surface area contributed by atoms with Gasteiger partial charge in [-0.2, -0.15) is 0 Å². The van der Waals surface area contributed by atoms with E-state index in [1.54, 1.807) is 16.1 Å². The molecule has 3 heterocycles. The number of anilines is 1. The summed E-state index contributed by atoms with van der Waals surface area (Å²) in [6, 6.07) is 13.6. The highest BCUT2D eigenvalue weighted by Crippen LogP contribution is 2.27. The summed E-state index contributed by atoms with van der Waals surface area (Å²) in [6.07, 6.45) is 1.64. The number of hydrogen-bond acceptors (Lipinski definition) is 6. The molecule has 1 amide bonds. The van der Waals surface area contributed by atoms with E-state index in [9.17, 15) is 9.59 Å². The van der Waals surface area contributed by atoms with E-state index in [1.807, 2.05) is 50.2 Å². The Hall–Kier alpha value is -3.43. The Bertz CT molecular complexity index is 1500. The molecule has 3 aromatic heterocycles. The topological polar surface area (TPSA) is 92.7 Å². The number of aromatic amines is 1. The number of carbonyl (C=O) groups is 1.